The minimum absolute atomic E-state index is 0.590. The standard InChI is InChI=1S/C14H26N2S/c1-11(2)8-13(10-16(4)5)15-9-14-7-6-12(3)17-14/h6-7,11,13,15H,8-10H2,1-5H3. The molecule has 0 bridgehead atoms. The first kappa shape index (κ1) is 14.7. The third kappa shape index (κ3) is 6.20. The monoisotopic (exact) mass is 254 g/mol. The molecular weight excluding hydrogens is 228 g/mol. The highest BCUT2D eigenvalue weighted by molar-refractivity contribution is 7.11. The number of thiophene rings is 1. The molecule has 1 aromatic rings. The largest absolute Gasteiger partial charge is 0.308 e. The summed E-state index contributed by atoms with van der Waals surface area (Å²) in [5, 5.41) is 3.68. The molecule has 3 heteroatoms. The molecule has 0 aromatic carbocycles. The molecule has 1 rings (SSSR count). The predicted octanol–water partition coefficient (Wildman–Crippen LogP) is 3.12. The second-order valence-corrected chi connectivity index (χ2v) is 6.85. The van der Waals surface area contributed by atoms with Crippen LogP contribution in [-0.2, 0) is 6.54 Å². The van der Waals surface area contributed by atoms with Gasteiger partial charge >= 0.3 is 0 Å². The second kappa shape index (κ2) is 7.14. The van der Waals surface area contributed by atoms with Crippen LogP contribution in [0, 0.1) is 12.8 Å². The molecule has 0 saturated heterocycles. The van der Waals surface area contributed by atoms with Gasteiger partial charge in [-0.25, -0.2) is 0 Å². The first-order valence-corrected chi connectivity index (χ1v) is 7.22. The zero-order valence-corrected chi connectivity index (χ0v) is 12.6. The first-order valence-electron chi connectivity index (χ1n) is 6.40. The molecule has 1 unspecified atom stereocenters. The predicted molar refractivity (Wildman–Crippen MR) is 77.7 cm³/mol. The fourth-order valence-corrected chi connectivity index (χ4v) is 2.90. The van der Waals surface area contributed by atoms with Crippen LogP contribution in [0.2, 0.25) is 0 Å². The topological polar surface area (TPSA) is 15.3 Å². The van der Waals surface area contributed by atoms with Gasteiger partial charge < -0.3 is 10.2 Å². The van der Waals surface area contributed by atoms with Gasteiger partial charge in [0.25, 0.3) is 0 Å². The number of hydrogen-bond acceptors (Lipinski definition) is 3. The molecule has 1 aromatic heterocycles. The van der Waals surface area contributed by atoms with E-state index in [1.807, 2.05) is 11.3 Å². The lowest BCUT2D eigenvalue weighted by atomic mass is 10.0. The first-order chi connectivity index (χ1) is 7.97. The summed E-state index contributed by atoms with van der Waals surface area (Å²) < 4.78 is 0. The third-order valence-corrected chi connectivity index (χ3v) is 3.70. The Morgan fingerprint density at radius 2 is 2.00 bits per heavy atom. The van der Waals surface area contributed by atoms with Crippen molar-refractivity contribution in [3.05, 3.63) is 21.9 Å². The summed E-state index contributed by atoms with van der Waals surface area (Å²) in [7, 11) is 4.29. The van der Waals surface area contributed by atoms with Crippen LogP contribution in [0.3, 0.4) is 0 Å². The van der Waals surface area contributed by atoms with E-state index < -0.39 is 0 Å². The van der Waals surface area contributed by atoms with Gasteiger partial charge in [0.05, 0.1) is 0 Å². The molecule has 0 radical (unpaired) electrons. The highest BCUT2D eigenvalue weighted by atomic mass is 32.1. The van der Waals surface area contributed by atoms with E-state index in [1.165, 1.54) is 16.2 Å². The van der Waals surface area contributed by atoms with Crippen LogP contribution >= 0.6 is 11.3 Å². The van der Waals surface area contributed by atoms with Crippen molar-refractivity contribution >= 4 is 11.3 Å². The quantitative estimate of drug-likeness (QED) is 0.804. The van der Waals surface area contributed by atoms with Gasteiger partial charge in [0, 0.05) is 28.9 Å². The van der Waals surface area contributed by atoms with Crippen molar-refractivity contribution < 1.29 is 0 Å². The van der Waals surface area contributed by atoms with Crippen LogP contribution in [0.5, 0.6) is 0 Å². The lowest BCUT2D eigenvalue weighted by Crippen LogP contribution is -2.38. The fourth-order valence-electron chi connectivity index (χ4n) is 2.06. The molecule has 0 saturated carbocycles. The number of nitrogens with zero attached hydrogens (tertiary/aromatic N) is 1. The van der Waals surface area contributed by atoms with Crippen molar-refractivity contribution in [1.82, 2.24) is 10.2 Å². The summed E-state index contributed by atoms with van der Waals surface area (Å²) in [5.41, 5.74) is 0. The van der Waals surface area contributed by atoms with E-state index in [0.29, 0.717) is 6.04 Å². The summed E-state index contributed by atoms with van der Waals surface area (Å²) in [4.78, 5) is 5.10. The summed E-state index contributed by atoms with van der Waals surface area (Å²) in [5.74, 6) is 0.748. The van der Waals surface area contributed by atoms with Crippen LogP contribution < -0.4 is 5.32 Å². The molecular formula is C14H26N2S. The van der Waals surface area contributed by atoms with Gasteiger partial charge in [-0.2, -0.15) is 0 Å². The Morgan fingerprint density at radius 1 is 1.29 bits per heavy atom. The maximum absolute atomic E-state index is 3.68. The maximum atomic E-state index is 3.68. The average Bonchev–Trinajstić information content (AvgIpc) is 2.59. The molecule has 2 nitrogen and oxygen atoms in total. The van der Waals surface area contributed by atoms with Crippen LogP contribution in [0.4, 0.5) is 0 Å². The Morgan fingerprint density at radius 3 is 2.47 bits per heavy atom. The third-order valence-electron chi connectivity index (χ3n) is 2.70. The van der Waals surface area contributed by atoms with Crippen LogP contribution in [0.15, 0.2) is 12.1 Å². The van der Waals surface area contributed by atoms with Crippen molar-refractivity contribution in [1.29, 1.82) is 0 Å². The summed E-state index contributed by atoms with van der Waals surface area (Å²) in [6.45, 7) is 8.87. The average molecular weight is 254 g/mol. The van der Waals surface area contributed by atoms with Gasteiger partial charge in [0.1, 0.15) is 0 Å². The van der Waals surface area contributed by atoms with Crippen molar-refractivity contribution in [2.45, 2.75) is 39.8 Å². The smallest absolute Gasteiger partial charge is 0.0302 e. The summed E-state index contributed by atoms with van der Waals surface area (Å²) >= 11 is 1.89. The minimum Gasteiger partial charge on any atom is -0.308 e. The van der Waals surface area contributed by atoms with E-state index in [1.54, 1.807) is 0 Å². The lowest BCUT2D eigenvalue weighted by Gasteiger charge is -2.23. The molecule has 1 N–H and O–H groups in total. The number of rotatable bonds is 7. The molecule has 1 heterocycles. The normalized spacial score (nSPS) is 13.6. The van der Waals surface area contributed by atoms with Crippen LogP contribution in [0.1, 0.15) is 30.0 Å². The van der Waals surface area contributed by atoms with Crippen molar-refractivity contribution in [2.75, 3.05) is 20.6 Å². The lowest BCUT2D eigenvalue weighted by molar-refractivity contribution is 0.305. The Hall–Kier alpha value is -0.380. The molecule has 0 aliphatic carbocycles. The second-order valence-electron chi connectivity index (χ2n) is 5.48. The molecule has 98 valence electrons. The van der Waals surface area contributed by atoms with Gasteiger partial charge in [0.2, 0.25) is 0 Å². The fraction of sp³-hybridized carbons (Fsp3) is 0.714. The summed E-state index contributed by atoms with van der Waals surface area (Å²) in [6, 6.07) is 5.02. The molecule has 1 atom stereocenters. The SMILES string of the molecule is Cc1ccc(CNC(CC(C)C)CN(C)C)s1. The highest BCUT2D eigenvalue weighted by Gasteiger charge is 2.11. The van der Waals surface area contributed by atoms with Gasteiger partial charge in [-0.3, -0.25) is 0 Å². The Bertz CT molecular complexity index is 308. The van der Waals surface area contributed by atoms with Gasteiger partial charge in [0.15, 0.2) is 0 Å². The van der Waals surface area contributed by atoms with E-state index >= 15 is 0 Å². The number of likely N-dealkylation sites (N-methyl/N-ethyl adjacent to an activating group) is 1. The molecule has 0 amide bonds. The Balaban J connectivity index is 2.42. The maximum Gasteiger partial charge on any atom is 0.0302 e. The van der Waals surface area contributed by atoms with E-state index in [-0.39, 0.29) is 0 Å². The van der Waals surface area contributed by atoms with Crippen LogP contribution in [0.25, 0.3) is 0 Å². The van der Waals surface area contributed by atoms with E-state index in [0.717, 1.165) is 19.0 Å². The molecule has 0 aliphatic rings. The van der Waals surface area contributed by atoms with Gasteiger partial charge in [-0.15, -0.1) is 11.3 Å². The molecule has 17 heavy (non-hydrogen) atoms. The van der Waals surface area contributed by atoms with Crippen LogP contribution in [-0.4, -0.2) is 31.6 Å². The zero-order valence-electron chi connectivity index (χ0n) is 11.8. The van der Waals surface area contributed by atoms with Crippen molar-refractivity contribution in [3.63, 3.8) is 0 Å². The number of nitrogens with one attached hydrogen (secondary N) is 1. The summed E-state index contributed by atoms with van der Waals surface area (Å²) in [6.07, 6.45) is 1.24. The minimum atomic E-state index is 0.590. The van der Waals surface area contributed by atoms with Crippen molar-refractivity contribution in [2.24, 2.45) is 5.92 Å². The Kier molecular flexibility index (Phi) is 6.17. The number of aryl methyl sites for hydroxylation is 1. The van der Waals surface area contributed by atoms with E-state index in [4.69, 9.17) is 0 Å². The van der Waals surface area contributed by atoms with Gasteiger partial charge in [-0.05, 0) is 45.5 Å². The van der Waals surface area contributed by atoms with E-state index in [2.05, 4.69) is 57.2 Å². The van der Waals surface area contributed by atoms with E-state index in [9.17, 15) is 0 Å². The number of hydrogen-bond donors (Lipinski definition) is 1. The Labute approximate surface area is 110 Å². The highest BCUT2D eigenvalue weighted by Crippen LogP contribution is 2.15. The zero-order chi connectivity index (χ0) is 12.8. The van der Waals surface area contributed by atoms with Crippen molar-refractivity contribution in [3.8, 4) is 0 Å². The molecule has 0 aliphatic heterocycles. The molecule has 0 spiro atoms. The van der Waals surface area contributed by atoms with Gasteiger partial charge in [-0.1, -0.05) is 13.8 Å². The molecule has 0 fully saturated rings.